The first-order valence-corrected chi connectivity index (χ1v) is 14.9. The molecule has 1 saturated heterocycles. The van der Waals surface area contributed by atoms with Crippen molar-refractivity contribution in [2.75, 3.05) is 10.7 Å². The Morgan fingerprint density at radius 1 is 1.07 bits per heavy atom. The summed E-state index contributed by atoms with van der Waals surface area (Å²) in [5, 5.41) is 20.7. The van der Waals surface area contributed by atoms with Crippen LogP contribution in [0.5, 0.6) is 5.75 Å². The van der Waals surface area contributed by atoms with E-state index in [9.17, 15) is 18.3 Å². The first-order chi connectivity index (χ1) is 20.5. The van der Waals surface area contributed by atoms with Gasteiger partial charge in [-0.1, -0.05) is 55.9 Å². The van der Waals surface area contributed by atoms with E-state index in [4.69, 9.17) is 0 Å². The Kier molecular flexibility index (Phi) is 7.55. The Morgan fingerprint density at radius 3 is 2.58 bits per heavy atom. The maximum absolute atomic E-state index is 12.5. The summed E-state index contributed by atoms with van der Waals surface area (Å²) in [7, 11) is 0. The van der Waals surface area contributed by atoms with E-state index >= 15 is 0 Å². The van der Waals surface area contributed by atoms with Crippen LogP contribution < -0.4 is 9.64 Å². The van der Waals surface area contributed by atoms with Gasteiger partial charge in [-0.3, -0.25) is 4.90 Å². The molecular formula is C32H30F3N5O2S. The summed E-state index contributed by atoms with van der Waals surface area (Å²) >= 11 is 1.47. The number of nitrogens with zero attached hydrogens (tertiary/aromatic N) is 5. The zero-order chi connectivity index (χ0) is 30.4. The molecule has 0 saturated carbocycles. The van der Waals surface area contributed by atoms with Gasteiger partial charge in [0.15, 0.2) is 10.9 Å². The maximum Gasteiger partial charge on any atom is 0.573 e. The summed E-state index contributed by atoms with van der Waals surface area (Å²) < 4.78 is 43.5. The van der Waals surface area contributed by atoms with Gasteiger partial charge in [0, 0.05) is 22.7 Å². The molecule has 2 heterocycles. The van der Waals surface area contributed by atoms with Crippen LogP contribution in [0.1, 0.15) is 49.1 Å². The highest BCUT2D eigenvalue weighted by molar-refractivity contribution is 8.14. The summed E-state index contributed by atoms with van der Waals surface area (Å²) in [6.07, 6.45) is 0.181. The van der Waals surface area contributed by atoms with Crippen molar-refractivity contribution >= 4 is 28.8 Å². The number of amidine groups is 1. The number of hydrogen-bond donors (Lipinski definition) is 1. The molecule has 0 amide bonds. The number of aliphatic hydroxyl groups is 1. The highest BCUT2D eigenvalue weighted by atomic mass is 32.2. The second-order valence-electron chi connectivity index (χ2n) is 11.0. The smallest absolute Gasteiger partial charge is 0.406 e. The number of aryl methyl sites for hydroxylation is 1. The number of imidazole rings is 1. The number of ether oxygens (including phenoxy) is 1. The van der Waals surface area contributed by atoms with Crippen molar-refractivity contribution < 1.29 is 23.0 Å². The number of aromatic nitrogens is 2. The Labute approximate surface area is 251 Å². The molecule has 4 aromatic rings. The molecule has 11 heteroatoms. The van der Waals surface area contributed by atoms with E-state index in [1.54, 1.807) is 31.6 Å². The Balaban J connectivity index is 1.22. The molecule has 0 bridgehead atoms. The number of benzene rings is 3. The van der Waals surface area contributed by atoms with Crippen molar-refractivity contribution in [1.82, 2.24) is 9.55 Å². The standard InChI is InChI=1S/C32H30F3N5O2S/c1-20(2)25-6-4-5-7-27(25)40-30(43-18-31(40,3)41)38-37-17-21-8-14-26-22(16-21)9-15-28-29(26)36-19-39(28)23-10-12-24(13-11-23)42-32(33,34)35/h4-8,10-14,16-17,19-20,41H,9,15,18H2,1-3H3. The van der Waals surface area contributed by atoms with E-state index in [0.717, 1.165) is 52.2 Å². The third kappa shape index (κ3) is 5.92. The Bertz CT molecular complexity index is 1710. The number of fused-ring (bicyclic) bond motifs is 3. The predicted molar refractivity (Wildman–Crippen MR) is 164 cm³/mol. The van der Waals surface area contributed by atoms with E-state index in [2.05, 4.69) is 45.9 Å². The number of para-hydroxylation sites is 1. The van der Waals surface area contributed by atoms with E-state index in [1.165, 1.54) is 23.9 Å². The lowest BCUT2D eigenvalue weighted by Crippen LogP contribution is -2.45. The molecule has 1 aliphatic carbocycles. The van der Waals surface area contributed by atoms with Gasteiger partial charge in [0.05, 0.1) is 17.6 Å². The summed E-state index contributed by atoms with van der Waals surface area (Å²) in [4.78, 5) is 6.50. The molecule has 0 spiro atoms. The lowest BCUT2D eigenvalue weighted by atomic mass is 9.91. The highest BCUT2D eigenvalue weighted by Gasteiger charge is 2.41. The third-order valence-electron chi connectivity index (χ3n) is 7.53. The van der Waals surface area contributed by atoms with Crippen LogP contribution >= 0.6 is 11.8 Å². The molecule has 3 aromatic carbocycles. The zero-order valence-corrected chi connectivity index (χ0v) is 24.7. The van der Waals surface area contributed by atoms with Crippen molar-refractivity contribution in [3.8, 4) is 22.7 Å². The zero-order valence-electron chi connectivity index (χ0n) is 23.8. The summed E-state index contributed by atoms with van der Waals surface area (Å²) in [5.41, 5.74) is 6.57. The second-order valence-corrected chi connectivity index (χ2v) is 12.0. The van der Waals surface area contributed by atoms with Gasteiger partial charge in [0.1, 0.15) is 12.1 Å². The number of anilines is 1. The normalized spacial score (nSPS) is 19.3. The molecule has 1 aliphatic heterocycles. The topological polar surface area (TPSA) is 75.2 Å². The van der Waals surface area contributed by atoms with Crippen LogP contribution in [0.4, 0.5) is 18.9 Å². The van der Waals surface area contributed by atoms with Crippen LogP contribution in [-0.4, -0.2) is 43.9 Å². The minimum absolute atomic E-state index is 0.264. The van der Waals surface area contributed by atoms with Crippen molar-refractivity contribution in [2.24, 2.45) is 10.2 Å². The van der Waals surface area contributed by atoms with Crippen molar-refractivity contribution in [2.45, 2.75) is 51.6 Å². The fraction of sp³-hybridized carbons (Fsp3) is 0.281. The largest absolute Gasteiger partial charge is 0.573 e. The number of hydrogen-bond acceptors (Lipinski definition) is 6. The first-order valence-electron chi connectivity index (χ1n) is 13.9. The fourth-order valence-electron chi connectivity index (χ4n) is 5.55. The number of thioether (sulfide) groups is 1. The van der Waals surface area contributed by atoms with Crippen LogP contribution in [-0.2, 0) is 12.8 Å². The molecule has 6 rings (SSSR count). The highest BCUT2D eigenvalue weighted by Crippen LogP contribution is 2.40. The molecule has 43 heavy (non-hydrogen) atoms. The summed E-state index contributed by atoms with van der Waals surface area (Å²) in [6, 6.07) is 19.9. The van der Waals surface area contributed by atoms with E-state index in [0.29, 0.717) is 16.6 Å². The quantitative estimate of drug-likeness (QED) is 0.184. The SMILES string of the molecule is CC(C)c1ccccc1N1C(=NN=Cc2ccc3c(c2)CCc2c-3ncn2-c2ccc(OC(F)(F)F)cc2)SCC1(C)O. The summed E-state index contributed by atoms with van der Waals surface area (Å²) in [6.45, 7) is 6.05. The molecular weight excluding hydrogens is 575 g/mol. The molecule has 2 aliphatic rings. The third-order valence-corrected chi connectivity index (χ3v) is 8.74. The van der Waals surface area contributed by atoms with Crippen LogP contribution in [0, 0.1) is 0 Å². The Hall–Kier alpha value is -4.09. The summed E-state index contributed by atoms with van der Waals surface area (Å²) in [5.74, 6) is 0.496. The van der Waals surface area contributed by atoms with Crippen LogP contribution in [0.25, 0.3) is 16.9 Å². The van der Waals surface area contributed by atoms with Gasteiger partial charge in [-0.25, -0.2) is 4.98 Å². The van der Waals surface area contributed by atoms with Crippen molar-refractivity contribution in [1.29, 1.82) is 0 Å². The van der Waals surface area contributed by atoms with Crippen LogP contribution in [0.2, 0.25) is 0 Å². The van der Waals surface area contributed by atoms with Crippen molar-refractivity contribution in [3.63, 3.8) is 0 Å². The molecule has 1 aromatic heterocycles. The fourth-order valence-corrected chi connectivity index (χ4v) is 6.61. The minimum Gasteiger partial charge on any atom is -0.406 e. The van der Waals surface area contributed by atoms with Gasteiger partial charge < -0.3 is 14.4 Å². The van der Waals surface area contributed by atoms with E-state index in [-0.39, 0.29) is 11.7 Å². The number of rotatable bonds is 6. The molecule has 1 unspecified atom stereocenters. The minimum atomic E-state index is -4.73. The molecule has 7 nitrogen and oxygen atoms in total. The Morgan fingerprint density at radius 2 is 1.84 bits per heavy atom. The van der Waals surface area contributed by atoms with Gasteiger partial charge in [-0.05, 0) is 78.8 Å². The second kappa shape index (κ2) is 11.2. The van der Waals surface area contributed by atoms with Gasteiger partial charge in [-0.15, -0.1) is 18.3 Å². The van der Waals surface area contributed by atoms with Gasteiger partial charge in [0.2, 0.25) is 0 Å². The van der Waals surface area contributed by atoms with Crippen molar-refractivity contribution in [3.05, 3.63) is 95.4 Å². The average Bonchev–Trinajstić information content (AvgIpc) is 3.52. The number of halogens is 3. The number of alkyl halides is 3. The molecule has 0 radical (unpaired) electrons. The predicted octanol–water partition coefficient (Wildman–Crippen LogP) is 7.31. The maximum atomic E-state index is 12.5. The molecule has 1 atom stereocenters. The van der Waals surface area contributed by atoms with Crippen LogP contribution in [0.3, 0.4) is 0 Å². The molecule has 222 valence electrons. The molecule has 1 N–H and O–H groups in total. The van der Waals surface area contributed by atoms with Gasteiger partial charge >= 0.3 is 6.36 Å². The first kappa shape index (κ1) is 29.0. The van der Waals surface area contributed by atoms with Crippen LogP contribution in [0.15, 0.2) is 83.3 Å². The lowest BCUT2D eigenvalue weighted by Gasteiger charge is -2.32. The lowest BCUT2D eigenvalue weighted by molar-refractivity contribution is -0.274. The van der Waals surface area contributed by atoms with E-state index in [1.807, 2.05) is 39.8 Å². The van der Waals surface area contributed by atoms with Gasteiger partial charge in [-0.2, -0.15) is 5.10 Å². The van der Waals surface area contributed by atoms with Gasteiger partial charge in [0.25, 0.3) is 0 Å². The monoisotopic (exact) mass is 605 g/mol. The van der Waals surface area contributed by atoms with E-state index < -0.39 is 12.1 Å². The molecule has 1 fully saturated rings. The average molecular weight is 606 g/mol.